The highest BCUT2D eigenvalue weighted by molar-refractivity contribution is 14.0. The smallest absolute Gasteiger partial charge is 0.241 e. The van der Waals surface area contributed by atoms with E-state index < -0.39 is 0 Å². The van der Waals surface area contributed by atoms with Crippen LogP contribution in [0, 0.1) is 5.92 Å². The maximum absolute atomic E-state index is 11.9. The zero-order valence-electron chi connectivity index (χ0n) is 17.4. The summed E-state index contributed by atoms with van der Waals surface area (Å²) in [6.45, 7) is 4.24. The van der Waals surface area contributed by atoms with E-state index in [0.717, 1.165) is 17.9 Å². The SMILES string of the molecule is CCOc1ccccc1CN=C(NCC(=O)N(C)C)NCC1CCCCC1.I. The fraction of sp³-hybridized carbons (Fsp3) is 0.619. The van der Waals surface area contributed by atoms with Crippen molar-refractivity contribution < 1.29 is 9.53 Å². The van der Waals surface area contributed by atoms with Crippen molar-refractivity contribution in [3.63, 3.8) is 0 Å². The van der Waals surface area contributed by atoms with Crippen molar-refractivity contribution >= 4 is 35.8 Å². The van der Waals surface area contributed by atoms with E-state index in [1.54, 1.807) is 19.0 Å². The lowest BCUT2D eigenvalue weighted by Gasteiger charge is -2.23. The highest BCUT2D eigenvalue weighted by Gasteiger charge is 2.14. The van der Waals surface area contributed by atoms with Gasteiger partial charge in [0, 0.05) is 26.2 Å². The molecule has 2 N–H and O–H groups in total. The molecule has 1 aromatic carbocycles. The van der Waals surface area contributed by atoms with Gasteiger partial charge >= 0.3 is 0 Å². The van der Waals surface area contributed by atoms with Crippen LogP contribution in [0.1, 0.15) is 44.6 Å². The molecular formula is C21H35IN4O2. The topological polar surface area (TPSA) is 66.0 Å². The van der Waals surface area contributed by atoms with Crippen LogP contribution in [-0.2, 0) is 11.3 Å². The zero-order chi connectivity index (χ0) is 19.5. The molecule has 0 spiro atoms. The molecule has 0 radical (unpaired) electrons. The van der Waals surface area contributed by atoms with Gasteiger partial charge in [-0.15, -0.1) is 24.0 Å². The Labute approximate surface area is 186 Å². The predicted molar refractivity (Wildman–Crippen MR) is 125 cm³/mol. The number of hydrogen-bond donors (Lipinski definition) is 2. The summed E-state index contributed by atoms with van der Waals surface area (Å²) in [5, 5.41) is 6.60. The van der Waals surface area contributed by atoms with Crippen molar-refractivity contribution in [3.8, 4) is 5.75 Å². The third-order valence-corrected chi connectivity index (χ3v) is 4.87. The fourth-order valence-corrected chi connectivity index (χ4v) is 3.22. The van der Waals surface area contributed by atoms with Crippen molar-refractivity contribution in [1.29, 1.82) is 0 Å². The van der Waals surface area contributed by atoms with E-state index in [4.69, 9.17) is 9.73 Å². The molecule has 0 aromatic heterocycles. The number of likely N-dealkylation sites (N-methyl/N-ethyl adjacent to an activating group) is 1. The van der Waals surface area contributed by atoms with Crippen molar-refractivity contribution in [2.24, 2.45) is 10.9 Å². The Hall–Kier alpha value is -1.51. The Bertz CT molecular complexity index is 616. The molecular weight excluding hydrogens is 467 g/mol. The number of benzene rings is 1. The largest absolute Gasteiger partial charge is 0.494 e. The van der Waals surface area contributed by atoms with Crippen LogP contribution >= 0.6 is 24.0 Å². The van der Waals surface area contributed by atoms with E-state index >= 15 is 0 Å². The van der Waals surface area contributed by atoms with Gasteiger partial charge in [0.15, 0.2) is 5.96 Å². The van der Waals surface area contributed by atoms with Crippen molar-refractivity contribution in [1.82, 2.24) is 15.5 Å². The van der Waals surface area contributed by atoms with Gasteiger partial charge in [-0.1, -0.05) is 37.5 Å². The van der Waals surface area contributed by atoms with Crippen molar-refractivity contribution in [2.75, 3.05) is 33.8 Å². The molecule has 0 aliphatic heterocycles. The quantitative estimate of drug-likeness (QED) is 0.325. The van der Waals surface area contributed by atoms with E-state index in [9.17, 15) is 4.79 Å². The number of rotatable bonds is 8. The third-order valence-electron chi connectivity index (χ3n) is 4.87. The van der Waals surface area contributed by atoms with E-state index in [1.165, 1.54) is 32.1 Å². The average Bonchev–Trinajstić information content (AvgIpc) is 2.69. The van der Waals surface area contributed by atoms with Crippen LogP contribution in [0.25, 0.3) is 0 Å². The molecule has 0 heterocycles. The molecule has 28 heavy (non-hydrogen) atoms. The lowest BCUT2D eigenvalue weighted by molar-refractivity contribution is -0.127. The third kappa shape index (κ3) is 8.67. The molecule has 1 aliphatic rings. The first-order valence-corrected chi connectivity index (χ1v) is 10.0. The Morgan fingerprint density at radius 3 is 2.57 bits per heavy atom. The number of hydrogen-bond acceptors (Lipinski definition) is 3. The molecule has 1 aliphatic carbocycles. The molecule has 0 saturated heterocycles. The molecule has 158 valence electrons. The standard InChI is InChI=1S/C21H34N4O2.HI/c1-4-27-19-13-9-8-12-18(19)15-23-21(24-16-20(26)25(2)3)22-14-17-10-6-5-7-11-17;/h8-9,12-13,17H,4-7,10-11,14-16H2,1-3H3,(H2,22,23,24);1H. The lowest BCUT2D eigenvalue weighted by atomic mass is 9.89. The number of guanidine groups is 1. The first kappa shape index (κ1) is 24.5. The number of nitrogens with one attached hydrogen (secondary N) is 2. The van der Waals surface area contributed by atoms with E-state index in [0.29, 0.717) is 25.0 Å². The minimum Gasteiger partial charge on any atom is -0.494 e. The second-order valence-corrected chi connectivity index (χ2v) is 7.23. The van der Waals surface area contributed by atoms with E-state index in [2.05, 4.69) is 10.6 Å². The van der Waals surface area contributed by atoms with Gasteiger partial charge < -0.3 is 20.3 Å². The minimum atomic E-state index is 0. The summed E-state index contributed by atoms with van der Waals surface area (Å²) in [6.07, 6.45) is 6.51. The summed E-state index contributed by atoms with van der Waals surface area (Å²) >= 11 is 0. The number of nitrogens with zero attached hydrogens (tertiary/aromatic N) is 2. The van der Waals surface area contributed by atoms with Crippen LogP contribution < -0.4 is 15.4 Å². The summed E-state index contributed by atoms with van der Waals surface area (Å²) in [5.41, 5.74) is 1.04. The van der Waals surface area contributed by atoms with Crippen LogP contribution in [0.3, 0.4) is 0 Å². The fourth-order valence-electron chi connectivity index (χ4n) is 3.22. The summed E-state index contributed by atoms with van der Waals surface area (Å²) in [5.74, 6) is 2.25. The Kier molecular flexibility index (Phi) is 11.9. The van der Waals surface area contributed by atoms with Crippen LogP contribution in [0.2, 0.25) is 0 Å². The number of carbonyl (C=O) groups excluding carboxylic acids is 1. The van der Waals surface area contributed by atoms with Gasteiger partial charge in [0.05, 0.1) is 19.7 Å². The molecule has 7 heteroatoms. The molecule has 0 bridgehead atoms. The lowest BCUT2D eigenvalue weighted by Crippen LogP contribution is -2.44. The molecule has 2 rings (SSSR count). The number of amides is 1. The van der Waals surface area contributed by atoms with Crippen molar-refractivity contribution in [2.45, 2.75) is 45.6 Å². The highest BCUT2D eigenvalue weighted by Crippen LogP contribution is 2.22. The first-order chi connectivity index (χ1) is 13.1. The first-order valence-electron chi connectivity index (χ1n) is 10.0. The minimum absolute atomic E-state index is 0. The van der Waals surface area contributed by atoms with Gasteiger partial charge in [-0.25, -0.2) is 4.99 Å². The van der Waals surface area contributed by atoms with Gasteiger partial charge in [-0.3, -0.25) is 4.79 Å². The summed E-state index contributed by atoms with van der Waals surface area (Å²) < 4.78 is 5.68. The second-order valence-electron chi connectivity index (χ2n) is 7.23. The van der Waals surface area contributed by atoms with Gasteiger partial charge in [-0.2, -0.15) is 0 Å². The molecule has 1 fully saturated rings. The Balaban J connectivity index is 0.00000392. The van der Waals surface area contributed by atoms with Gasteiger partial charge in [0.25, 0.3) is 0 Å². The van der Waals surface area contributed by atoms with Crippen LogP contribution in [0.4, 0.5) is 0 Å². The molecule has 1 amide bonds. The molecule has 1 aromatic rings. The number of aliphatic imine (C=N–C) groups is 1. The maximum Gasteiger partial charge on any atom is 0.241 e. The summed E-state index contributed by atoms with van der Waals surface area (Å²) in [6, 6.07) is 7.95. The second kappa shape index (κ2) is 13.6. The highest BCUT2D eigenvalue weighted by atomic mass is 127. The molecule has 0 unspecified atom stereocenters. The number of ether oxygens (including phenoxy) is 1. The average molecular weight is 502 g/mol. The monoisotopic (exact) mass is 502 g/mol. The van der Waals surface area contributed by atoms with Gasteiger partial charge in [0.1, 0.15) is 5.75 Å². The number of carbonyl (C=O) groups is 1. The number of halogens is 1. The zero-order valence-corrected chi connectivity index (χ0v) is 19.7. The normalized spacial score (nSPS) is 14.8. The van der Waals surface area contributed by atoms with E-state index in [-0.39, 0.29) is 36.4 Å². The van der Waals surface area contributed by atoms with Gasteiger partial charge in [-0.05, 0) is 31.7 Å². The van der Waals surface area contributed by atoms with Crippen LogP contribution in [0.15, 0.2) is 29.3 Å². The predicted octanol–water partition coefficient (Wildman–Crippen LogP) is 3.41. The molecule has 0 atom stereocenters. The summed E-state index contributed by atoms with van der Waals surface area (Å²) in [7, 11) is 3.52. The summed E-state index contributed by atoms with van der Waals surface area (Å²) in [4.78, 5) is 18.2. The van der Waals surface area contributed by atoms with Crippen LogP contribution in [0.5, 0.6) is 5.75 Å². The Morgan fingerprint density at radius 1 is 1.18 bits per heavy atom. The number of para-hydroxylation sites is 1. The maximum atomic E-state index is 11.9. The molecule has 1 saturated carbocycles. The van der Waals surface area contributed by atoms with Crippen LogP contribution in [-0.4, -0.2) is 50.6 Å². The molecule has 6 nitrogen and oxygen atoms in total. The van der Waals surface area contributed by atoms with E-state index in [1.807, 2.05) is 31.2 Å². The van der Waals surface area contributed by atoms with Gasteiger partial charge in [0.2, 0.25) is 5.91 Å². The van der Waals surface area contributed by atoms with Crippen molar-refractivity contribution in [3.05, 3.63) is 29.8 Å². The Morgan fingerprint density at radius 2 is 1.89 bits per heavy atom.